The van der Waals surface area contributed by atoms with Crippen LogP contribution in [0.5, 0.6) is 0 Å². The number of aromatic nitrogens is 3. The third-order valence-corrected chi connectivity index (χ3v) is 4.46. The first-order valence-corrected chi connectivity index (χ1v) is 8.69. The van der Waals surface area contributed by atoms with E-state index in [2.05, 4.69) is 21.9 Å². The molecule has 0 saturated heterocycles. The van der Waals surface area contributed by atoms with E-state index in [-0.39, 0.29) is 11.6 Å². The lowest BCUT2D eigenvalue weighted by Crippen LogP contribution is -2.25. The van der Waals surface area contributed by atoms with Gasteiger partial charge < -0.3 is 11.1 Å². The number of anilines is 1. The van der Waals surface area contributed by atoms with Gasteiger partial charge in [-0.2, -0.15) is 0 Å². The smallest absolute Gasteiger partial charge is 0.289 e. The second-order valence-corrected chi connectivity index (χ2v) is 6.40. The van der Waals surface area contributed by atoms with Crippen LogP contribution in [0.25, 0.3) is 27.6 Å². The number of halogens is 1. The summed E-state index contributed by atoms with van der Waals surface area (Å²) in [5.74, 6) is -0.153. The van der Waals surface area contributed by atoms with Crippen LogP contribution in [0.1, 0.15) is 10.6 Å². The van der Waals surface area contributed by atoms with Crippen LogP contribution in [0.3, 0.4) is 0 Å². The van der Waals surface area contributed by atoms with Crippen molar-refractivity contribution in [3.8, 4) is 5.69 Å². The van der Waals surface area contributed by atoms with Gasteiger partial charge in [0.05, 0.1) is 10.9 Å². The Hall–Kier alpha value is -3.38. The fourth-order valence-corrected chi connectivity index (χ4v) is 3.29. The Morgan fingerprint density at radius 3 is 2.81 bits per heavy atom. The first kappa shape index (κ1) is 17.1. The number of fused-ring (bicyclic) bond motifs is 3. The van der Waals surface area contributed by atoms with E-state index in [1.54, 1.807) is 12.1 Å². The Labute approximate surface area is 160 Å². The van der Waals surface area contributed by atoms with Gasteiger partial charge in [0, 0.05) is 22.6 Å². The fourth-order valence-electron chi connectivity index (χ4n) is 3.10. The fraction of sp³-hybridized carbons (Fsp3) is 0.0500. The van der Waals surface area contributed by atoms with E-state index in [0.717, 1.165) is 16.6 Å². The first-order valence-electron chi connectivity index (χ1n) is 8.32. The molecule has 7 heteroatoms. The molecule has 4 aromatic rings. The number of rotatable bonds is 4. The van der Waals surface area contributed by atoms with Gasteiger partial charge >= 0.3 is 0 Å². The van der Waals surface area contributed by atoms with Crippen LogP contribution < -0.4 is 11.1 Å². The number of benzene rings is 2. The van der Waals surface area contributed by atoms with Crippen LogP contribution in [0.4, 0.5) is 5.82 Å². The molecule has 0 spiro atoms. The number of carbonyl (C=O) groups excluding carboxylic acids is 1. The lowest BCUT2D eigenvalue weighted by molar-refractivity contribution is 0.0948. The molecule has 0 radical (unpaired) electrons. The lowest BCUT2D eigenvalue weighted by atomic mass is 10.2. The van der Waals surface area contributed by atoms with Gasteiger partial charge in [-0.1, -0.05) is 41.9 Å². The zero-order valence-electron chi connectivity index (χ0n) is 14.3. The summed E-state index contributed by atoms with van der Waals surface area (Å²) >= 11 is 6.19. The SMILES string of the molecule is C=CCNC(=O)c1nc(N)c2c3ccccc3n(-c3cccc(Cl)c3)c2n1. The van der Waals surface area contributed by atoms with Crippen molar-refractivity contribution in [2.45, 2.75) is 0 Å². The van der Waals surface area contributed by atoms with E-state index >= 15 is 0 Å². The molecule has 6 nitrogen and oxygen atoms in total. The van der Waals surface area contributed by atoms with Gasteiger partial charge in [-0.3, -0.25) is 9.36 Å². The first-order chi connectivity index (χ1) is 13.1. The number of hydrogen-bond acceptors (Lipinski definition) is 4. The number of nitrogen functional groups attached to an aromatic ring is 1. The summed E-state index contributed by atoms with van der Waals surface area (Å²) in [5, 5.41) is 4.88. The molecule has 2 aromatic heterocycles. The molecule has 0 bridgehead atoms. The van der Waals surface area contributed by atoms with Gasteiger partial charge in [0.2, 0.25) is 5.82 Å². The summed E-state index contributed by atoms with van der Waals surface area (Å²) in [4.78, 5) is 21.1. The van der Waals surface area contributed by atoms with Crippen molar-refractivity contribution in [1.82, 2.24) is 19.9 Å². The van der Waals surface area contributed by atoms with Crippen LogP contribution in [0.2, 0.25) is 5.02 Å². The van der Waals surface area contributed by atoms with E-state index in [4.69, 9.17) is 17.3 Å². The van der Waals surface area contributed by atoms with Crippen molar-refractivity contribution < 1.29 is 4.79 Å². The standard InChI is InChI=1S/C20H16ClN5O/c1-2-10-23-20(27)18-24-17(22)16-14-8-3-4-9-15(14)26(19(16)25-18)13-7-5-6-12(21)11-13/h2-9,11H,1,10H2,(H,23,27)(H2,22,24,25). The molecule has 3 N–H and O–H groups in total. The molecule has 0 aliphatic carbocycles. The minimum Gasteiger partial charge on any atom is -0.383 e. The van der Waals surface area contributed by atoms with Crippen LogP contribution in [-0.2, 0) is 0 Å². The van der Waals surface area contributed by atoms with E-state index < -0.39 is 5.91 Å². The molecule has 4 rings (SSSR count). The number of amides is 1. The zero-order valence-corrected chi connectivity index (χ0v) is 15.1. The predicted octanol–water partition coefficient (Wildman–Crippen LogP) is 3.73. The number of hydrogen-bond donors (Lipinski definition) is 2. The molecule has 0 atom stereocenters. The molecule has 0 saturated carbocycles. The highest BCUT2D eigenvalue weighted by Gasteiger charge is 2.20. The van der Waals surface area contributed by atoms with Crippen LogP contribution >= 0.6 is 11.6 Å². The summed E-state index contributed by atoms with van der Waals surface area (Å²) < 4.78 is 1.93. The average molecular weight is 378 g/mol. The molecule has 0 aliphatic rings. The maximum atomic E-state index is 12.3. The second-order valence-electron chi connectivity index (χ2n) is 5.96. The third-order valence-electron chi connectivity index (χ3n) is 4.22. The monoisotopic (exact) mass is 377 g/mol. The summed E-state index contributed by atoms with van der Waals surface area (Å²) in [7, 11) is 0. The summed E-state index contributed by atoms with van der Waals surface area (Å²) in [6.07, 6.45) is 1.59. The largest absolute Gasteiger partial charge is 0.383 e. The third kappa shape index (κ3) is 2.90. The van der Waals surface area contributed by atoms with E-state index in [1.165, 1.54) is 0 Å². The van der Waals surface area contributed by atoms with Crippen molar-refractivity contribution in [2.24, 2.45) is 0 Å². The Balaban J connectivity index is 2.06. The Kier molecular flexibility index (Phi) is 4.25. The number of nitrogens with zero attached hydrogens (tertiary/aromatic N) is 3. The van der Waals surface area contributed by atoms with E-state index in [1.807, 2.05) is 47.0 Å². The quantitative estimate of drug-likeness (QED) is 0.531. The van der Waals surface area contributed by atoms with Crippen molar-refractivity contribution in [1.29, 1.82) is 0 Å². The van der Waals surface area contributed by atoms with E-state index in [0.29, 0.717) is 22.6 Å². The normalized spacial score (nSPS) is 11.0. The summed E-state index contributed by atoms with van der Waals surface area (Å²) in [6.45, 7) is 3.90. The maximum absolute atomic E-state index is 12.3. The van der Waals surface area contributed by atoms with Crippen molar-refractivity contribution in [3.63, 3.8) is 0 Å². The van der Waals surface area contributed by atoms with E-state index in [9.17, 15) is 4.79 Å². The number of nitrogens with one attached hydrogen (secondary N) is 1. The molecular formula is C20H16ClN5O. The maximum Gasteiger partial charge on any atom is 0.289 e. The molecule has 0 aliphatic heterocycles. The van der Waals surface area contributed by atoms with Crippen LogP contribution in [-0.4, -0.2) is 27.0 Å². The number of nitrogens with two attached hydrogens (primary N) is 1. The molecule has 2 heterocycles. The van der Waals surface area contributed by atoms with Gasteiger partial charge in [-0.05, 0) is 24.3 Å². The highest BCUT2D eigenvalue weighted by Crippen LogP contribution is 2.34. The minimum absolute atomic E-state index is 0.00735. The van der Waals surface area contributed by atoms with Gasteiger partial charge in [0.1, 0.15) is 5.82 Å². The van der Waals surface area contributed by atoms with Gasteiger partial charge in [0.15, 0.2) is 5.65 Å². The van der Waals surface area contributed by atoms with Crippen LogP contribution in [0.15, 0.2) is 61.2 Å². The molecule has 27 heavy (non-hydrogen) atoms. The summed E-state index contributed by atoms with van der Waals surface area (Å²) in [6, 6.07) is 15.2. The van der Waals surface area contributed by atoms with Crippen molar-refractivity contribution >= 4 is 45.3 Å². The number of carbonyl (C=O) groups is 1. The Morgan fingerprint density at radius 2 is 2.04 bits per heavy atom. The Bertz CT molecular complexity index is 1200. The summed E-state index contributed by atoms with van der Waals surface area (Å²) in [5.41, 5.74) is 8.50. The van der Waals surface area contributed by atoms with Crippen molar-refractivity contribution in [3.05, 3.63) is 72.0 Å². The van der Waals surface area contributed by atoms with Gasteiger partial charge in [0.25, 0.3) is 5.91 Å². The minimum atomic E-state index is -0.411. The molecule has 0 unspecified atom stereocenters. The molecule has 134 valence electrons. The highest BCUT2D eigenvalue weighted by atomic mass is 35.5. The zero-order chi connectivity index (χ0) is 19.0. The van der Waals surface area contributed by atoms with Crippen LogP contribution in [0, 0.1) is 0 Å². The molecule has 1 amide bonds. The highest BCUT2D eigenvalue weighted by molar-refractivity contribution is 6.30. The number of para-hydroxylation sites is 1. The van der Waals surface area contributed by atoms with Gasteiger partial charge in [-0.25, -0.2) is 9.97 Å². The predicted molar refractivity (Wildman–Crippen MR) is 108 cm³/mol. The molecule has 0 fully saturated rings. The molecule has 2 aromatic carbocycles. The average Bonchev–Trinajstić information content (AvgIpc) is 3.00. The second kappa shape index (κ2) is 6.74. The topological polar surface area (TPSA) is 85.8 Å². The van der Waals surface area contributed by atoms with Crippen molar-refractivity contribution in [2.75, 3.05) is 12.3 Å². The molecular weight excluding hydrogens is 362 g/mol. The van der Waals surface area contributed by atoms with Gasteiger partial charge in [-0.15, -0.1) is 6.58 Å². The lowest BCUT2D eigenvalue weighted by Gasteiger charge is -2.08. The Morgan fingerprint density at radius 1 is 1.22 bits per heavy atom.